The van der Waals surface area contributed by atoms with E-state index in [9.17, 15) is 18.3 Å². The topological polar surface area (TPSA) is 135 Å². The monoisotopic (exact) mass is 622 g/mol. The summed E-state index contributed by atoms with van der Waals surface area (Å²) in [6.45, 7) is -0.138. The van der Waals surface area contributed by atoms with Crippen molar-refractivity contribution in [3.63, 3.8) is 0 Å². The second-order valence-corrected chi connectivity index (χ2v) is 11.6. The lowest BCUT2D eigenvalue weighted by Gasteiger charge is -2.25. The number of nitrogens with one attached hydrogen (secondary N) is 1. The van der Waals surface area contributed by atoms with E-state index in [0.29, 0.717) is 23.8 Å². The molecule has 0 unspecified atom stereocenters. The van der Waals surface area contributed by atoms with Gasteiger partial charge in [-0.2, -0.15) is 4.31 Å². The Labute approximate surface area is 223 Å². The molecule has 1 aliphatic rings. The molecule has 0 bridgehead atoms. The van der Waals surface area contributed by atoms with Crippen molar-refractivity contribution < 1.29 is 23.1 Å². The van der Waals surface area contributed by atoms with Gasteiger partial charge in [-0.05, 0) is 95.4 Å². The summed E-state index contributed by atoms with van der Waals surface area (Å²) < 4.78 is 36.1. The van der Waals surface area contributed by atoms with Gasteiger partial charge in [0.05, 0.1) is 24.5 Å². The summed E-state index contributed by atoms with van der Waals surface area (Å²) >= 11 is 2.18. The highest BCUT2D eigenvalue weighted by atomic mass is 127. The number of primary amides is 1. The molecule has 190 valence electrons. The molecule has 0 aliphatic heterocycles. The fourth-order valence-corrected chi connectivity index (χ4v) is 5.54. The molecule has 4 rings (SSSR count). The molecular formula is C25H27IN4O5S. The maximum Gasteiger partial charge on any atom is 0.250 e. The Balaban J connectivity index is 1.82. The molecular weight excluding hydrogens is 595 g/mol. The van der Waals surface area contributed by atoms with Gasteiger partial charge in [0.25, 0.3) is 5.91 Å². The van der Waals surface area contributed by atoms with Gasteiger partial charge in [0.15, 0.2) is 5.75 Å². The standard InChI is InChI=1S/C25H27IN4O5S/c26-19-3-5-20(6-4-19)29-23-21(25(27)32)7-8-22(24(23)35-16-18-1-2-18)36(33,34)30(13-14-31)15-17-9-11-28-12-10-17/h3-12,18,29,31H,1-2,13-16H2,(H2,27,32). The number of pyridine rings is 1. The van der Waals surface area contributed by atoms with Crippen LogP contribution in [0.25, 0.3) is 0 Å². The third-order valence-electron chi connectivity index (χ3n) is 5.74. The number of aliphatic hydroxyl groups is 1. The molecule has 2 aromatic carbocycles. The lowest BCUT2D eigenvalue weighted by atomic mass is 10.1. The number of rotatable bonds is 12. The van der Waals surface area contributed by atoms with Crippen LogP contribution in [-0.4, -0.2) is 48.5 Å². The summed E-state index contributed by atoms with van der Waals surface area (Å²) in [7, 11) is -4.15. The Hall–Kier alpha value is -2.74. The highest BCUT2D eigenvalue weighted by Crippen LogP contribution is 2.41. The van der Waals surface area contributed by atoms with E-state index in [4.69, 9.17) is 10.5 Å². The summed E-state index contributed by atoms with van der Waals surface area (Å²) in [5.74, 6) is -0.351. The van der Waals surface area contributed by atoms with E-state index in [0.717, 1.165) is 16.4 Å². The van der Waals surface area contributed by atoms with Gasteiger partial charge in [0.1, 0.15) is 4.90 Å². The molecule has 11 heteroatoms. The predicted octanol–water partition coefficient (Wildman–Crippen LogP) is 3.50. The number of aromatic nitrogens is 1. The number of carbonyl (C=O) groups excluding carboxylic acids is 1. The quantitative estimate of drug-likeness (QED) is 0.263. The van der Waals surface area contributed by atoms with Gasteiger partial charge in [-0.15, -0.1) is 0 Å². The maximum absolute atomic E-state index is 13.9. The normalized spacial score (nSPS) is 13.5. The fourth-order valence-electron chi connectivity index (χ4n) is 3.63. The van der Waals surface area contributed by atoms with Gasteiger partial charge in [-0.25, -0.2) is 8.42 Å². The third kappa shape index (κ3) is 6.33. The second kappa shape index (κ2) is 11.5. The summed E-state index contributed by atoms with van der Waals surface area (Å²) in [5.41, 5.74) is 7.33. The molecule has 1 fully saturated rings. The van der Waals surface area contributed by atoms with Crippen molar-refractivity contribution >= 4 is 49.9 Å². The molecule has 1 amide bonds. The van der Waals surface area contributed by atoms with E-state index in [1.54, 1.807) is 24.5 Å². The van der Waals surface area contributed by atoms with Gasteiger partial charge >= 0.3 is 0 Å². The number of halogens is 1. The average Bonchev–Trinajstić information content (AvgIpc) is 3.69. The Bertz CT molecular complexity index is 1320. The van der Waals surface area contributed by atoms with Crippen LogP contribution >= 0.6 is 22.6 Å². The first-order valence-corrected chi connectivity index (χ1v) is 13.9. The Morgan fingerprint density at radius 1 is 1.14 bits per heavy atom. The van der Waals surface area contributed by atoms with Crippen molar-refractivity contribution in [3.8, 4) is 5.75 Å². The first-order chi connectivity index (χ1) is 17.3. The van der Waals surface area contributed by atoms with E-state index in [-0.39, 0.29) is 41.6 Å². The highest BCUT2D eigenvalue weighted by Gasteiger charge is 2.32. The molecule has 0 atom stereocenters. The van der Waals surface area contributed by atoms with Crippen LogP contribution in [0.1, 0.15) is 28.8 Å². The van der Waals surface area contributed by atoms with E-state index < -0.39 is 15.9 Å². The number of hydrogen-bond donors (Lipinski definition) is 3. The van der Waals surface area contributed by atoms with E-state index in [1.807, 2.05) is 24.3 Å². The zero-order valence-corrected chi connectivity index (χ0v) is 22.4. The lowest BCUT2D eigenvalue weighted by molar-refractivity contribution is 0.100. The second-order valence-electron chi connectivity index (χ2n) is 8.48. The number of amides is 1. The van der Waals surface area contributed by atoms with Crippen LogP contribution in [0.5, 0.6) is 5.75 Å². The van der Waals surface area contributed by atoms with E-state index >= 15 is 0 Å². The van der Waals surface area contributed by atoms with Crippen LogP contribution in [0.15, 0.2) is 65.8 Å². The summed E-state index contributed by atoms with van der Waals surface area (Å²) in [4.78, 5) is 16.2. The molecule has 36 heavy (non-hydrogen) atoms. The maximum atomic E-state index is 13.9. The average molecular weight is 622 g/mol. The first-order valence-electron chi connectivity index (χ1n) is 11.4. The minimum Gasteiger partial charge on any atom is -0.490 e. The van der Waals surface area contributed by atoms with Crippen molar-refractivity contribution in [1.82, 2.24) is 9.29 Å². The van der Waals surface area contributed by atoms with Crippen molar-refractivity contribution in [1.29, 1.82) is 0 Å². The van der Waals surface area contributed by atoms with E-state index in [2.05, 4.69) is 32.9 Å². The van der Waals surface area contributed by atoms with Crippen LogP contribution in [0, 0.1) is 9.49 Å². The Kier molecular flexibility index (Phi) is 8.44. The minimum absolute atomic E-state index is 0.0327. The molecule has 0 spiro atoms. The number of carbonyl (C=O) groups is 1. The number of nitrogens with zero attached hydrogens (tertiary/aromatic N) is 2. The number of nitrogens with two attached hydrogens (primary N) is 1. The summed E-state index contributed by atoms with van der Waals surface area (Å²) in [6.07, 6.45) is 5.15. The number of sulfonamides is 1. The predicted molar refractivity (Wildman–Crippen MR) is 145 cm³/mol. The molecule has 1 heterocycles. The number of hydrogen-bond acceptors (Lipinski definition) is 7. The number of benzene rings is 2. The summed E-state index contributed by atoms with van der Waals surface area (Å²) in [6, 6.07) is 13.6. The van der Waals surface area contributed by atoms with Gasteiger partial charge in [0.2, 0.25) is 10.0 Å². The molecule has 3 aromatic rings. The van der Waals surface area contributed by atoms with Gasteiger partial charge in [-0.3, -0.25) is 9.78 Å². The van der Waals surface area contributed by atoms with Crippen LogP contribution < -0.4 is 15.8 Å². The molecule has 4 N–H and O–H groups in total. The van der Waals surface area contributed by atoms with Gasteiger partial charge < -0.3 is 20.9 Å². The van der Waals surface area contributed by atoms with Crippen molar-refractivity contribution in [2.75, 3.05) is 25.1 Å². The number of aliphatic hydroxyl groups excluding tert-OH is 1. The molecule has 0 saturated heterocycles. The van der Waals surface area contributed by atoms with Crippen LogP contribution in [0.4, 0.5) is 11.4 Å². The smallest absolute Gasteiger partial charge is 0.250 e. The first kappa shape index (κ1) is 26.3. The molecule has 1 saturated carbocycles. The Morgan fingerprint density at radius 3 is 2.44 bits per heavy atom. The molecule has 1 aromatic heterocycles. The minimum atomic E-state index is -4.15. The van der Waals surface area contributed by atoms with Crippen molar-refractivity contribution in [3.05, 3.63) is 75.6 Å². The molecule has 9 nitrogen and oxygen atoms in total. The van der Waals surface area contributed by atoms with Crippen LogP contribution in [-0.2, 0) is 16.6 Å². The zero-order valence-electron chi connectivity index (χ0n) is 19.4. The van der Waals surface area contributed by atoms with Crippen molar-refractivity contribution in [2.45, 2.75) is 24.3 Å². The molecule has 0 radical (unpaired) electrons. The SMILES string of the molecule is NC(=O)c1ccc(S(=O)(=O)N(CCO)Cc2ccncc2)c(OCC2CC2)c1Nc1ccc(I)cc1. The van der Waals surface area contributed by atoms with Crippen molar-refractivity contribution in [2.24, 2.45) is 11.7 Å². The van der Waals surface area contributed by atoms with Crippen LogP contribution in [0.3, 0.4) is 0 Å². The largest absolute Gasteiger partial charge is 0.490 e. The molecule has 1 aliphatic carbocycles. The number of ether oxygens (including phenoxy) is 1. The lowest BCUT2D eigenvalue weighted by Crippen LogP contribution is -2.33. The van der Waals surface area contributed by atoms with Crippen LogP contribution in [0.2, 0.25) is 0 Å². The number of anilines is 2. The highest BCUT2D eigenvalue weighted by molar-refractivity contribution is 14.1. The Morgan fingerprint density at radius 2 is 1.83 bits per heavy atom. The zero-order chi connectivity index (χ0) is 25.7. The third-order valence-corrected chi connectivity index (χ3v) is 8.32. The van der Waals surface area contributed by atoms with Gasteiger partial charge in [-0.1, -0.05) is 0 Å². The van der Waals surface area contributed by atoms with Gasteiger partial charge in [0, 0.05) is 34.7 Å². The summed E-state index contributed by atoms with van der Waals surface area (Å²) in [5, 5.41) is 12.8. The fraction of sp³-hybridized carbons (Fsp3) is 0.280. The van der Waals surface area contributed by atoms with E-state index in [1.165, 1.54) is 16.4 Å².